The number of hydrogen-bond donors (Lipinski definition) is 1. The van der Waals surface area contributed by atoms with Crippen LogP contribution >= 0.6 is 0 Å². The van der Waals surface area contributed by atoms with Gasteiger partial charge in [-0.25, -0.2) is 13.4 Å². The van der Waals surface area contributed by atoms with Gasteiger partial charge in [0, 0.05) is 12.6 Å². The van der Waals surface area contributed by atoms with Gasteiger partial charge in [0.05, 0.1) is 23.9 Å². The molecular formula is C19H25N3O3S. The first-order chi connectivity index (χ1) is 12.5. The van der Waals surface area contributed by atoms with Crippen molar-refractivity contribution in [3.63, 3.8) is 0 Å². The van der Waals surface area contributed by atoms with E-state index in [0.717, 1.165) is 18.8 Å². The molecule has 1 aliphatic heterocycles. The van der Waals surface area contributed by atoms with Gasteiger partial charge in [0.1, 0.15) is 11.6 Å². The minimum atomic E-state index is -3.65. The second-order valence-electron chi connectivity index (χ2n) is 6.44. The van der Waals surface area contributed by atoms with Gasteiger partial charge in [-0.15, -0.1) is 0 Å². The highest BCUT2D eigenvalue weighted by molar-refractivity contribution is 7.92. The fourth-order valence-electron chi connectivity index (χ4n) is 3.31. The van der Waals surface area contributed by atoms with E-state index in [9.17, 15) is 8.42 Å². The maximum Gasteiger partial charge on any atom is 0.261 e. The second-order valence-corrected chi connectivity index (χ2v) is 8.12. The predicted molar refractivity (Wildman–Crippen MR) is 103 cm³/mol. The van der Waals surface area contributed by atoms with Crippen LogP contribution < -0.4 is 14.4 Å². The second kappa shape index (κ2) is 7.95. The summed E-state index contributed by atoms with van der Waals surface area (Å²) < 4.78 is 32.6. The molecule has 1 unspecified atom stereocenters. The summed E-state index contributed by atoms with van der Waals surface area (Å²) in [5.74, 6) is 1.52. The third kappa shape index (κ3) is 4.09. The first-order valence-corrected chi connectivity index (χ1v) is 10.4. The van der Waals surface area contributed by atoms with Crippen LogP contribution in [0.5, 0.6) is 5.75 Å². The van der Waals surface area contributed by atoms with Crippen LogP contribution in [0.3, 0.4) is 0 Å². The Kier molecular flexibility index (Phi) is 5.66. The fourth-order valence-corrected chi connectivity index (χ4v) is 4.36. The van der Waals surface area contributed by atoms with Gasteiger partial charge in [-0.2, -0.15) is 0 Å². The Hall–Kier alpha value is -2.28. The molecule has 6 nitrogen and oxygen atoms in total. The zero-order valence-electron chi connectivity index (χ0n) is 15.2. The van der Waals surface area contributed by atoms with Crippen molar-refractivity contribution in [3.8, 4) is 5.75 Å². The van der Waals surface area contributed by atoms with Crippen LogP contribution in [0.1, 0.15) is 32.6 Å². The smallest absolute Gasteiger partial charge is 0.261 e. The Balaban J connectivity index is 1.73. The monoisotopic (exact) mass is 375 g/mol. The number of rotatable bonds is 6. The van der Waals surface area contributed by atoms with Gasteiger partial charge < -0.3 is 9.64 Å². The highest BCUT2D eigenvalue weighted by atomic mass is 32.2. The van der Waals surface area contributed by atoms with Gasteiger partial charge in [0.15, 0.2) is 0 Å². The predicted octanol–water partition coefficient (Wildman–Crippen LogP) is 3.66. The van der Waals surface area contributed by atoms with E-state index in [-0.39, 0.29) is 4.90 Å². The lowest BCUT2D eigenvalue weighted by molar-refractivity contribution is 0.414. The molecule has 1 fully saturated rings. The molecule has 7 heteroatoms. The number of pyridine rings is 1. The molecule has 1 aromatic heterocycles. The summed E-state index contributed by atoms with van der Waals surface area (Å²) in [6.07, 6.45) is 6.29. The number of sulfonamides is 1. The summed E-state index contributed by atoms with van der Waals surface area (Å²) in [5.41, 5.74) is 0.453. The lowest BCUT2D eigenvalue weighted by Gasteiger charge is -2.36. The van der Waals surface area contributed by atoms with Crippen LogP contribution in [0.25, 0.3) is 0 Å². The maximum atomic E-state index is 12.5. The molecule has 0 radical (unpaired) electrons. The molecule has 0 bridgehead atoms. The SMILES string of the molecule is CCC1CCCCN1c1ccc(NS(=O)(=O)c2ccc(OC)cc2)cn1. The van der Waals surface area contributed by atoms with E-state index in [1.807, 2.05) is 6.07 Å². The van der Waals surface area contributed by atoms with Crippen LogP contribution in [0, 0.1) is 0 Å². The molecule has 1 saturated heterocycles. The molecular weight excluding hydrogens is 350 g/mol. The van der Waals surface area contributed by atoms with Crippen molar-refractivity contribution in [2.45, 2.75) is 43.5 Å². The lowest BCUT2D eigenvalue weighted by atomic mass is 10.00. The van der Waals surface area contributed by atoms with Crippen LogP contribution in [0.15, 0.2) is 47.5 Å². The van der Waals surface area contributed by atoms with Gasteiger partial charge >= 0.3 is 0 Å². The highest BCUT2D eigenvalue weighted by Crippen LogP contribution is 2.26. The van der Waals surface area contributed by atoms with Crippen molar-refractivity contribution in [1.29, 1.82) is 0 Å². The molecule has 1 N–H and O–H groups in total. The number of methoxy groups -OCH3 is 1. The maximum absolute atomic E-state index is 12.5. The number of nitrogens with zero attached hydrogens (tertiary/aromatic N) is 2. The minimum Gasteiger partial charge on any atom is -0.497 e. The number of piperidine rings is 1. The molecule has 0 saturated carbocycles. The van der Waals surface area contributed by atoms with Crippen molar-refractivity contribution < 1.29 is 13.2 Å². The van der Waals surface area contributed by atoms with Gasteiger partial charge in [-0.1, -0.05) is 6.92 Å². The molecule has 1 aromatic carbocycles. The van der Waals surface area contributed by atoms with Crippen molar-refractivity contribution >= 4 is 21.5 Å². The number of anilines is 2. The van der Waals surface area contributed by atoms with E-state index in [4.69, 9.17) is 4.74 Å². The Morgan fingerprint density at radius 1 is 1.19 bits per heavy atom. The molecule has 3 rings (SSSR count). The zero-order valence-corrected chi connectivity index (χ0v) is 16.0. The Labute approximate surface area is 155 Å². The van der Waals surface area contributed by atoms with E-state index in [1.54, 1.807) is 31.5 Å². The molecule has 0 amide bonds. The van der Waals surface area contributed by atoms with Gasteiger partial charge in [0.25, 0.3) is 10.0 Å². The minimum absolute atomic E-state index is 0.185. The van der Waals surface area contributed by atoms with Crippen LogP contribution in [-0.4, -0.2) is 33.1 Å². The van der Waals surface area contributed by atoms with Crippen molar-refractivity contribution in [2.24, 2.45) is 0 Å². The number of nitrogens with one attached hydrogen (secondary N) is 1. The molecule has 1 atom stereocenters. The summed E-state index contributed by atoms with van der Waals surface area (Å²) in [7, 11) is -2.11. The molecule has 0 aliphatic carbocycles. The highest BCUT2D eigenvalue weighted by Gasteiger charge is 2.22. The van der Waals surface area contributed by atoms with Gasteiger partial charge in [0.2, 0.25) is 0 Å². The number of hydrogen-bond acceptors (Lipinski definition) is 5. The summed E-state index contributed by atoms with van der Waals surface area (Å²) in [5, 5.41) is 0. The van der Waals surface area contributed by atoms with Crippen molar-refractivity contribution in [2.75, 3.05) is 23.3 Å². The van der Waals surface area contributed by atoms with E-state index >= 15 is 0 Å². The fraction of sp³-hybridized carbons (Fsp3) is 0.421. The lowest BCUT2D eigenvalue weighted by Crippen LogP contribution is -2.39. The average Bonchev–Trinajstić information content (AvgIpc) is 2.68. The van der Waals surface area contributed by atoms with Gasteiger partial charge in [-0.05, 0) is 62.1 Å². The summed E-state index contributed by atoms with van der Waals surface area (Å²) in [6.45, 7) is 3.20. The van der Waals surface area contributed by atoms with E-state index in [1.165, 1.54) is 31.4 Å². The quantitative estimate of drug-likeness (QED) is 0.834. The normalized spacial score (nSPS) is 17.8. The molecule has 2 aromatic rings. The number of benzene rings is 1. The Morgan fingerprint density at radius 3 is 2.58 bits per heavy atom. The summed E-state index contributed by atoms with van der Waals surface area (Å²) >= 11 is 0. The summed E-state index contributed by atoms with van der Waals surface area (Å²) in [4.78, 5) is 6.99. The van der Waals surface area contributed by atoms with E-state index < -0.39 is 10.0 Å². The van der Waals surface area contributed by atoms with E-state index in [0.29, 0.717) is 17.5 Å². The topological polar surface area (TPSA) is 71.5 Å². The molecule has 26 heavy (non-hydrogen) atoms. The third-order valence-corrected chi connectivity index (χ3v) is 6.16. The van der Waals surface area contributed by atoms with Crippen LogP contribution in [-0.2, 0) is 10.0 Å². The zero-order chi connectivity index (χ0) is 18.6. The number of aromatic nitrogens is 1. The molecule has 140 valence electrons. The molecule has 2 heterocycles. The third-order valence-electron chi connectivity index (χ3n) is 4.76. The van der Waals surface area contributed by atoms with Crippen LogP contribution in [0.2, 0.25) is 0 Å². The standard InChI is InChI=1S/C19H25N3O3S/c1-3-16-6-4-5-13-22(16)19-12-7-15(14-20-19)21-26(23,24)18-10-8-17(25-2)9-11-18/h7-12,14,16,21H,3-6,13H2,1-2H3. The Bertz CT molecular complexity index is 820. The average molecular weight is 375 g/mol. The van der Waals surface area contributed by atoms with Crippen LogP contribution in [0.4, 0.5) is 11.5 Å². The first-order valence-electron chi connectivity index (χ1n) is 8.93. The van der Waals surface area contributed by atoms with E-state index in [2.05, 4.69) is 21.5 Å². The van der Waals surface area contributed by atoms with Crippen molar-refractivity contribution in [1.82, 2.24) is 4.98 Å². The largest absolute Gasteiger partial charge is 0.497 e. The summed E-state index contributed by atoms with van der Waals surface area (Å²) in [6, 6.07) is 10.4. The van der Waals surface area contributed by atoms with Gasteiger partial charge in [-0.3, -0.25) is 4.72 Å². The van der Waals surface area contributed by atoms with Crippen molar-refractivity contribution in [3.05, 3.63) is 42.6 Å². The molecule has 0 spiro atoms. The number of ether oxygens (including phenoxy) is 1. The molecule has 1 aliphatic rings. The Morgan fingerprint density at radius 2 is 1.96 bits per heavy atom. The first kappa shape index (κ1) is 18.5.